The number of nitrogens with one attached hydrogen (secondary N) is 1. The lowest BCUT2D eigenvalue weighted by Gasteiger charge is -2.17. The van der Waals surface area contributed by atoms with Crippen LogP contribution in [0.25, 0.3) is 0 Å². The number of aliphatic carboxylic acids is 1. The highest BCUT2D eigenvalue weighted by Crippen LogP contribution is 2.24. The van der Waals surface area contributed by atoms with Crippen LogP contribution in [0, 0.1) is 12.7 Å². The third-order valence-corrected chi connectivity index (χ3v) is 3.03. The summed E-state index contributed by atoms with van der Waals surface area (Å²) in [5.41, 5.74) is 1.67. The largest absolute Gasteiger partial charge is 0.497 e. The predicted octanol–water partition coefficient (Wildman–Crippen LogP) is 3.38. The lowest BCUT2D eigenvalue weighted by atomic mass is 10.1. The molecule has 0 aromatic heterocycles. The van der Waals surface area contributed by atoms with Crippen molar-refractivity contribution in [2.24, 2.45) is 0 Å². The highest BCUT2D eigenvalue weighted by Gasteiger charge is 2.20. The minimum absolute atomic E-state index is 0.410. The second kappa shape index (κ2) is 6.26. The normalized spacial score (nSPS) is 11.8. The third-order valence-electron chi connectivity index (χ3n) is 3.03. The summed E-state index contributed by atoms with van der Waals surface area (Å²) in [6, 6.07) is 10.1. The molecule has 0 saturated heterocycles. The molecule has 0 aliphatic carbocycles. The van der Waals surface area contributed by atoms with Gasteiger partial charge in [-0.1, -0.05) is 12.1 Å². The van der Waals surface area contributed by atoms with Gasteiger partial charge < -0.3 is 15.2 Å². The first kappa shape index (κ1) is 14.8. The Morgan fingerprint density at radius 1 is 1.29 bits per heavy atom. The quantitative estimate of drug-likeness (QED) is 0.886. The van der Waals surface area contributed by atoms with E-state index in [9.17, 15) is 14.3 Å². The molecule has 0 bridgehead atoms. The molecule has 2 aromatic carbocycles. The molecule has 2 aromatic rings. The molecule has 0 heterocycles. The fourth-order valence-corrected chi connectivity index (χ4v) is 2.10. The minimum Gasteiger partial charge on any atom is -0.497 e. The van der Waals surface area contributed by atoms with Gasteiger partial charge in [-0.05, 0) is 48.4 Å². The summed E-state index contributed by atoms with van der Waals surface area (Å²) in [7, 11) is 1.51. The van der Waals surface area contributed by atoms with E-state index in [2.05, 4.69) is 5.32 Å². The fraction of sp³-hybridized carbons (Fsp3) is 0.188. The van der Waals surface area contributed by atoms with E-state index in [1.807, 2.05) is 0 Å². The van der Waals surface area contributed by atoms with Crippen LogP contribution in [0.4, 0.5) is 10.1 Å². The summed E-state index contributed by atoms with van der Waals surface area (Å²) in [5.74, 6) is -0.895. The molecule has 2 N–H and O–H groups in total. The first-order valence-corrected chi connectivity index (χ1v) is 6.40. The maximum Gasteiger partial charge on any atom is 0.330 e. The summed E-state index contributed by atoms with van der Waals surface area (Å²) in [5, 5.41) is 12.2. The van der Waals surface area contributed by atoms with Gasteiger partial charge >= 0.3 is 5.97 Å². The molecule has 0 radical (unpaired) electrons. The summed E-state index contributed by atoms with van der Waals surface area (Å²) in [6.07, 6.45) is 0. The molecule has 21 heavy (non-hydrogen) atoms. The zero-order chi connectivity index (χ0) is 15.4. The van der Waals surface area contributed by atoms with Crippen LogP contribution >= 0.6 is 0 Å². The number of benzene rings is 2. The molecular formula is C16H16FNO3. The lowest BCUT2D eigenvalue weighted by molar-refractivity contribution is -0.138. The van der Waals surface area contributed by atoms with E-state index < -0.39 is 17.8 Å². The molecule has 4 nitrogen and oxygen atoms in total. The second-order valence-electron chi connectivity index (χ2n) is 4.71. The molecule has 1 atom stereocenters. The second-order valence-corrected chi connectivity index (χ2v) is 4.71. The van der Waals surface area contributed by atoms with Crippen LogP contribution in [0.3, 0.4) is 0 Å². The smallest absolute Gasteiger partial charge is 0.330 e. The first-order chi connectivity index (χ1) is 9.99. The van der Waals surface area contributed by atoms with Crippen LogP contribution in [0.2, 0.25) is 0 Å². The molecule has 0 aliphatic heterocycles. The van der Waals surface area contributed by atoms with Gasteiger partial charge in [0, 0.05) is 5.69 Å². The van der Waals surface area contributed by atoms with Crippen molar-refractivity contribution in [2.45, 2.75) is 13.0 Å². The molecule has 0 saturated carbocycles. The Bertz CT molecular complexity index is 637. The van der Waals surface area contributed by atoms with Gasteiger partial charge in [0.05, 0.1) is 7.11 Å². The van der Waals surface area contributed by atoms with Crippen molar-refractivity contribution in [3.8, 4) is 5.75 Å². The lowest BCUT2D eigenvalue weighted by Crippen LogP contribution is -2.20. The summed E-state index contributed by atoms with van der Waals surface area (Å²) >= 11 is 0. The van der Waals surface area contributed by atoms with Crippen molar-refractivity contribution in [1.29, 1.82) is 0 Å². The number of carbonyl (C=O) groups is 1. The summed E-state index contributed by atoms with van der Waals surface area (Å²) in [6.45, 7) is 1.75. The van der Waals surface area contributed by atoms with E-state index in [1.165, 1.54) is 19.2 Å². The van der Waals surface area contributed by atoms with E-state index >= 15 is 0 Å². The third kappa shape index (κ3) is 3.72. The number of hydrogen-bond acceptors (Lipinski definition) is 3. The first-order valence-electron chi connectivity index (χ1n) is 6.40. The zero-order valence-corrected chi connectivity index (χ0v) is 11.8. The van der Waals surface area contributed by atoms with Crippen molar-refractivity contribution in [2.75, 3.05) is 12.4 Å². The highest BCUT2D eigenvalue weighted by molar-refractivity contribution is 5.79. The maximum atomic E-state index is 13.4. The molecule has 0 amide bonds. The topological polar surface area (TPSA) is 58.6 Å². The van der Waals surface area contributed by atoms with Gasteiger partial charge in [-0.2, -0.15) is 0 Å². The van der Waals surface area contributed by atoms with Crippen LogP contribution in [-0.2, 0) is 4.79 Å². The number of hydrogen-bond donors (Lipinski definition) is 2. The summed E-state index contributed by atoms with van der Waals surface area (Å²) < 4.78 is 18.5. The molecule has 2 rings (SSSR count). The van der Waals surface area contributed by atoms with E-state index in [-0.39, 0.29) is 0 Å². The van der Waals surface area contributed by atoms with E-state index in [1.54, 1.807) is 37.3 Å². The van der Waals surface area contributed by atoms with Crippen LogP contribution in [0.1, 0.15) is 17.2 Å². The van der Waals surface area contributed by atoms with Crippen LogP contribution in [0.5, 0.6) is 5.75 Å². The zero-order valence-electron chi connectivity index (χ0n) is 11.8. The Labute approximate surface area is 122 Å². The molecule has 0 fully saturated rings. The maximum absolute atomic E-state index is 13.4. The SMILES string of the molecule is COc1cccc(C(Nc2cc(C)cc(F)c2)C(=O)O)c1. The van der Waals surface area contributed by atoms with Crippen LogP contribution in [-0.4, -0.2) is 18.2 Å². The minimum atomic E-state index is -1.05. The molecular weight excluding hydrogens is 273 g/mol. The Kier molecular flexibility index (Phi) is 4.42. The molecule has 5 heteroatoms. The Morgan fingerprint density at radius 3 is 2.67 bits per heavy atom. The average Bonchev–Trinajstić information content (AvgIpc) is 2.43. The van der Waals surface area contributed by atoms with Gasteiger partial charge in [-0.3, -0.25) is 0 Å². The van der Waals surface area contributed by atoms with Crippen LogP contribution < -0.4 is 10.1 Å². The van der Waals surface area contributed by atoms with E-state index in [0.717, 1.165) is 0 Å². The number of carboxylic acids is 1. The van der Waals surface area contributed by atoms with Crippen LogP contribution in [0.15, 0.2) is 42.5 Å². The Balaban J connectivity index is 2.32. The molecule has 0 aliphatic rings. The van der Waals surface area contributed by atoms with E-state index in [0.29, 0.717) is 22.6 Å². The molecule has 1 unspecified atom stereocenters. The number of aryl methyl sites for hydroxylation is 1. The van der Waals surface area contributed by atoms with Gasteiger partial charge in [0.15, 0.2) is 6.04 Å². The van der Waals surface area contributed by atoms with Gasteiger partial charge in [-0.15, -0.1) is 0 Å². The number of ether oxygens (including phenoxy) is 1. The molecule has 0 spiro atoms. The van der Waals surface area contributed by atoms with E-state index in [4.69, 9.17) is 4.74 Å². The number of carboxylic acid groups (broad SMARTS) is 1. The standard InChI is InChI=1S/C16H16FNO3/c1-10-6-12(17)9-13(7-10)18-15(16(19)20)11-4-3-5-14(8-11)21-2/h3-9,15,18H,1-2H3,(H,19,20). The predicted molar refractivity (Wildman–Crippen MR) is 78.1 cm³/mol. The average molecular weight is 289 g/mol. The number of rotatable bonds is 5. The van der Waals surface area contributed by atoms with Gasteiger partial charge in [0.1, 0.15) is 11.6 Å². The molecule has 110 valence electrons. The van der Waals surface area contributed by atoms with Crippen molar-refractivity contribution in [3.63, 3.8) is 0 Å². The number of halogens is 1. The van der Waals surface area contributed by atoms with Crippen molar-refractivity contribution in [1.82, 2.24) is 0 Å². The van der Waals surface area contributed by atoms with Gasteiger partial charge in [-0.25, -0.2) is 9.18 Å². The fourth-order valence-electron chi connectivity index (χ4n) is 2.10. The highest BCUT2D eigenvalue weighted by atomic mass is 19.1. The Morgan fingerprint density at radius 2 is 2.05 bits per heavy atom. The van der Waals surface area contributed by atoms with Crippen molar-refractivity contribution >= 4 is 11.7 Å². The number of anilines is 1. The number of methoxy groups -OCH3 is 1. The van der Waals surface area contributed by atoms with Gasteiger partial charge in [0.25, 0.3) is 0 Å². The summed E-state index contributed by atoms with van der Waals surface area (Å²) in [4.78, 5) is 11.5. The van der Waals surface area contributed by atoms with Crippen molar-refractivity contribution < 1.29 is 19.0 Å². The Hall–Kier alpha value is -2.56. The van der Waals surface area contributed by atoms with Gasteiger partial charge in [0.2, 0.25) is 0 Å². The monoisotopic (exact) mass is 289 g/mol. The van der Waals surface area contributed by atoms with Crippen molar-refractivity contribution in [3.05, 3.63) is 59.4 Å².